The van der Waals surface area contributed by atoms with Crippen LogP contribution in [0.3, 0.4) is 0 Å². The molecule has 7 heteroatoms. The van der Waals surface area contributed by atoms with Gasteiger partial charge in [-0.3, -0.25) is 9.59 Å². The van der Waals surface area contributed by atoms with Gasteiger partial charge in [0.25, 0.3) is 11.8 Å². The summed E-state index contributed by atoms with van der Waals surface area (Å²) in [5, 5.41) is 0. The van der Waals surface area contributed by atoms with Crippen LogP contribution in [-0.2, 0) is 0 Å². The second-order valence-electron chi connectivity index (χ2n) is 6.46. The maximum Gasteiger partial charge on any atom is 0.261 e. The number of hydrogen-bond acceptors (Lipinski definition) is 4. The first-order valence-corrected chi connectivity index (χ1v) is 9.90. The standard InChI is InChI=1S/C21H23BrN2O4/c1-27-17-9-5-10-18(28-2)19(17)21(26)24-12-6-11-23(13-14-24)20(25)15-7-3-4-8-16(15)22/h3-5,7-10H,6,11-14H2,1-2H3. The van der Waals surface area contributed by atoms with Crippen molar-refractivity contribution in [3.8, 4) is 11.5 Å². The molecule has 0 aromatic heterocycles. The van der Waals surface area contributed by atoms with Gasteiger partial charge in [-0.2, -0.15) is 0 Å². The molecule has 2 aromatic carbocycles. The van der Waals surface area contributed by atoms with Gasteiger partial charge in [0, 0.05) is 30.7 Å². The Kier molecular flexibility index (Phi) is 6.57. The van der Waals surface area contributed by atoms with Crippen LogP contribution in [0.15, 0.2) is 46.9 Å². The van der Waals surface area contributed by atoms with Gasteiger partial charge in [-0.15, -0.1) is 0 Å². The number of benzene rings is 2. The van der Waals surface area contributed by atoms with Crippen LogP contribution in [0.2, 0.25) is 0 Å². The third-order valence-corrected chi connectivity index (χ3v) is 5.51. The summed E-state index contributed by atoms with van der Waals surface area (Å²) in [6, 6.07) is 12.7. The van der Waals surface area contributed by atoms with Gasteiger partial charge in [0.05, 0.1) is 19.8 Å². The molecule has 0 spiro atoms. The van der Waals surface area contributed by atoms with Gasteiger partial charge in [-0.25, -0.2) is 0 Å². The second-order valence-corrected chi connectivity index (χ2v) is 7.31. The highest BCUT2D eigenvalue weighted by molar-refractivity contribution is 9.10. The molecule has 2 aromatic rings. The van der Waals surface area contributed by atoms with Crippen LogP contribution in [0.1, 0.15) is 27.1 Å². The van der Waals surface area contributed by atoms with E-state index in [1.165, 1.54) is 14.2 Å². The van der Waals surface area contributed by atoms with Crippen LogP contribution < -0.4 is 9.47 Å². The van der Waals surface area contributed by atoms with E-state index in [9.17, 15) is 9.59 Å². The largest absolute Gasteiger partial charge is 0.496 e. The molecule has 1 aliphatic heterocycles. The lowest BCUT2D eigenvalue weighted by atomic mass is 10.1. The fraction of sp³-hybridized carbons (Fsp3) is 0.333. The molecule has 28 heavy (non-hydrogen) atoms. The average Bonchev–Trinajstić information content (AvgIpc) is 2.98. The Balaban J connectivity index is 1.76. The van der Waals surface area contributed by atoms with Crippen LogP contribution in [0, 0.1) is 0 Å². The highest BCUT2D eigenvalue weighted by atomic mass is 79.9. The predicted octanol–water partition coefficient (Wildman–Crippen LogP) is 3.45. The summed E-state index contributed by atoms with van der Waals surface area (Å²) in [6.07, 6.45) is 0.708. The smallest absolute Gasteiger partial charge is 0.261 e. The van der Waals surface area contributed by atoms with Gasteiger partial charge in [-0.1, -0.05) is 18.2 Å². The maximum atomic E-state index is 13.2. The molecule has 1 saturated heterocycles. The van der Waals surface area contributed by atoms with Gasteiger partial charge in [0.1, 0.15) is 17.1 Å². The van der Waals surface area contributed by atoms with E-state index in [1.54, 1.807) is 34.1 Å². The molecule has 0 atom stereocenters. The number of hydrogen-bond donors (Lipinski definition) is 0. The van der Waals surface area contributed by atoms with Crippen molar-refractivity contribution in [1.29, 1.82) is 0 Å². The summed E-state index contributed by atoms with van der Waals surface area (Å²) in [4.78, 5) is 29.6. The summed E-state index contributed by atoms with van der Waals surface area (Å²) >= 11 is 3.44. The maximum absolute atomic E-state index is 13.2. The Morgan fingerprint density at radius 1 is 0.821 bits per heavy atom. The number of methoxy groups -OCH3 is 2. The van der Waals surface area contributed by atoms with Crippen LogP contribution in [-0.4, -0.2) is 62.0 Å². The van der Waals surface area contributed by atoms with E-state index in [1.807, 2.05) is 18.2 Å². The van der Waals surface area contributed by atoms with Gasteiger partial charge >= 0.3 is 0 Å². The molecule has 1 fully saturated rings. The first-order chi connectivity index (χ1) is 13.6. The fourth-order valence-electron chi connectivity index (χ4n) is 3.35. The number of ether oxygens (including phenoxy) is 2. The van der Waals surface area contributed by atoms with Crippen molar-refractivity contribution < 1.29 is 19.1 Å². The average molecular weight is 447 g/mol. The zero-order valence-corrected chi connectivity index (χ0v) is 17.6. The molecule has 0 bridgehead atoms. The van der Waals surface area contributed by atoms with E-state index in [0.29, 0.717) is 55.2 Å². The molecule has 3 rings (SSSR count). The summed E-state index contributed by atoms with van der Waals surface area (Å²) in [7, 11) is 3.07. The summed E-state index contributed by atoms with van der Waals surface area (Å²) in [5.41, 5.74) is 1.05. The Labute approximate surface area is 173 Å². The monoisotopic (exact) mass is 446 g/mol. The molecule has 6 nitrogen and oxygen atoms in total. The van der Waals surface area contributed by atoms with Gasteiger partial charge in [-0.05, 0) is 46.6 Å². The molecule has 1 heterocycles. The molecular formula is C21H23BrN2O4. The van der Waals surface area contributed by atoms with Crippen molar-refractivity contribution in [1.82, 2.24) is 9.80 Å². The van der Waals surface area contributed by atoms with E-state index >= 15 is 0 Å². The van der Waals surface area contributed by atoms with Crippen LogP contribution in [0.4, 0.5) is 0 Å². The molecule has 0 saturated carbocycles. The molecule has 0 aliphatic carbocycles. The zero-order valence-electron chi connectivity index (χ0n) is 16.0. The van der Waals surface area contributed by atoms with Crippen LogP contribution >= 0.6 is 15.9 Å². The Bertz CT molecular complexity index is 849. The summed E-state index contributed by atoms with van der Waals surface area (Å²) in [6.45, 7) is 2.10. The molecule has 1 aliphatic rings. The number of rotatable bonds is 4. The number of nitrogens with zero attached hydrogens (tertiary/aromatic N) is 2. The Morgan fingerprint density at radius 2 is 1.39 bits per heavy atom. The van der Waals surface area contributed by atoms with E-state index in [-0.39, 0.29) is 11.8 Å². The number of amides is 2. The lowest BCUT2D eigenvalue weighted by Crippen LogP contribution is -2.37. The highest BCUT2D eigenvalue weighted by Gasteiger charge is 2.27. The molecular weight excluding hydrogens is 424 g/mol. The van der Waals surface area contributed by atoms with Crippen molar-refractivity contribution in [2.75, 3.05) is 40.4 Å². The Hall–Kier alpha value is -2.54. The van der Waals surface area contributed by atoms with Crippen molar-refractivity contribution in [3.63, 3.8) is 0 Å². The molecule has 0 radical (unpaired) electrons. The lowest BCUT2D eigenvalue weighted by molar-refractivity contribution is 0.0714. The van der Waals surface area contributed by atoms with Crippen molar-refractivity contribution in [2.45, 2.75) is 6.42 Å². The molecule has 0 N–H and O–H groups in total. The number of carbonyl (C=O) groups excluding carboxylic acids is 2. The first kappa shape index (κ1) is 20.2. The van der Waals surface area contributed by atoms with Crippen LogP contribution in [0.5, 0.6) is 11.5 Å². The second kappa shape index (κ2) is 9.10. The van der Waals surface area contributed by atoms with Gasteiger partial charge in [0.15, 0.2) is 0 Å². The predicted molar refractivity (Wildman–Crippen MR) is 110 cm³/mol. The third-order valence-electron chi connectivity index (χ3n) is 4.82. The number of carbonyl (C=O) groups is 2. The summed E-state index contributed by atoms with van der Waals surface area (Å²) < 4.78 is 11.5. The van der Waals surface area contributed by atoms with Gasteiger partial charge < -0.3 is 19.3 Å². The van der Waals surface area contributed by atoms with E-state index in [2.05, 4.69) is 15.9 Å². The zero-order chi connectivity index (χ0) is 20.1. The molecule has 0 unspecified atom stereocenters. The molecule has 148 valence electrons. The third kappa shape index (κ3) is 4.14. The number of halogens is 1. The molecule has 2 amide bonds. The SMILES string of the molecule is COc1cccc(OC)c1C(=O)N1CCCN(C(=O)c2ccccc2Br)CC1. The van der Waals surface area contributed by atoms with Crippen molar-refractivity contribution in [3.05, 3.63) is 58.1 Å². The van der Waals surface area contributed by atoms with E-state index in [0.717, 1.165) is 4.47 Å². The van der Waals surface area contributed by atoms with Crippen molar-refractivity contribution >= 4 is 27.7 Å². The highest BCUT2D eigenvalue weighted by Crippen LogP contribution is 2.30. The topological polar surface area (TPSA) is 59.1 Å². The lowest BCUT2D eigenvalue weighted by Gasteiger charge is -2.24. The normalized spacial score (nSPS) is 14.4. The van der Waals surface area contributed by atoms with E-state index < -0.39 is 0 Å². The first-order valence-electron chi connectivity index (χ1n) is 9.11. The summed E-state index contributed by atoms with van der Waals surface area (Å²) in [5.74, 6) is 0.783. The van der Waals surface area contributed by atoms with Crippen LogP contribution in [0.25, 0.3) is 0 Å². The fourth-order valence-corrected chi connectivity index (χ4v) is 3.80. The minimum absolute atomic E-state index is 0.0309. The minimum Gasteiger partial charge on any atom is -0.496 e. The van der Waals surface area contributed by atoms with Crippen molar-refractivity contribution in [2.24, 2.45) is 0 Å². The van der Waals surface area contributed by atoms with Gasteiger partial charge in [0.2, 0.25) is 0 Å². The minimum atomic E-state index is -0.149. The van der Waals surface area contributed by atoms with E-state index in [4.69, 9.17) is 9.47 Å². The quantitative estimate of drug-likeness (QED) is 0.721. The Morgan fingerprint density at radius 3 is 1.96 bits per heavy atom.